The minimum absolute atomic E-state index is 0.408. The Morgan fingerprint density at radius 1 is 1.69 bits per heavy atom. The summed E-state index contributed by atoms with van der Waals surface area (Å²) in [7, 11) is 2.14. The van der Waals surface area contributed by atoms with Crippen LogP contribution in [0.3, 0.4) is 0 Å². The lowest BCUT2D eigenvalue weighted by molar-refractivity contribution is 0.198. The Kier molecular flexibility index (Phi) is 2.66. The van der Waals surface area contributed by atoms with E-state index in [0.29, 0.717) is 6.04 Å². The highest BCUT2D eigenvalue weighted by Gasteiger charge is 2.23. The molecule has 0 aliphatic carbocycles. The largest absolute Gasteiger partial charge is 0.313 e. The molecule has 5 heteroatoms. The Morgan fingerprint density at radius 3 is 3.15 bits per heavy atom. The van der Waals surface area contributed by atoms with Crippen LogP contribution in [0.4, 0.5) is 0 Å². The molecule has 2 rings (SSSR count). The average Bonchev–Trinajstić information content (AvgIpc) is 2.52. The van der Waals surface area contributed by atoms with Crippen molar-refractivity contribution in [2.75, 3.05) is 26.7 Å². The first-order chi connectivity index (χ1) is 6.29. The molecule has 1 aliphatic rings. The molecule has 0 saturated carbocycles. The van der Waals surface area contributed by atoms with Gasteiger partial charge in [-0.2, -0.15) is 5.10 Å². The fourth-order valence-electron chi connectivity index (χ4n) is 1.64. The SMILES string of the molecule is CN1CCNCC1c1[nH]ncc1Br. The number of nitrogens with one attached hydrogen (secondary N) is 2. The van der Waals surface area contributed by atoms with Crippen LogP contribution in [0, 0.1) is 0 Å². The van der Waals surface area contributed by atoms with Crippen molar-refractivity contribution in [1.29, 1.82) is 0 Å². The van der Waals surface area contributed by atoms with Crippen LogP contribution >= 0.6 is 15.9 Å². The van der Waals surface area contributed by atoms with Crippen molar-refractivity contribution in [2.45, 2.75) is 6.04 Å². The fraction of sp³-hybridized carbons (Fsp3) is 0.625. The molecule has 13 heavy (non-hydrogen) atoms. The summed E-state index contributed by atoms with van der Waals surface area (Å²) in [4.78, 5) is 2.33. The summed E-state index contributed by atoms with van der Waals surface area (Å²) in [5.41, 5.74) is 1.16. The summed E-state index contributed by atoms with van der Waals surface area (Å²) < 4.78 is 1.06. The van der Waals surface area contributed by atoms with Crippen LogP contribution in [0.25, 0.3) is 0 Å². The van der Waals surface area contributed by atoms with Gasteiger partial charge in [-0.25, -0.2) is 0 Å². The highest BCUT2D eigenvalue weighted by molar-refractivity contribution is 9.10. The van der Waals surface area contributed by atoms with Gasteiger partial charge in [0.05, 0.1) is 22.4 Å². The van der Waals surface area contributed by atoms with Gasteiger partial charge in [0.2, 0.25) is 0 Å². The molecule has 1 atom stereocenters. The van der Waals surface area contributed by atoms with Crippen molar-refractivity contribution in [3.8, 4) is 0 Å². The molecular weight excluding hydrogens is 232 g/mol. The van der Waals surface area contributed by atoms with E-state index in [4.69, 9.17) is 0 Å². The summed E-state index contributed by atoms with van der Waals surface area (Å²) in [5, 5.41) is 10.4. The van der Waals surface area contributed by atoms with Crippen molar-refractivity contribution in [1.82, 2.24) is 20.4 Å². The topological polar surface area (TPSA) is 44.0 Å². The molecular formula is C8H13BrN4. The summed E-state index contributed by atoms with van der Waals surface area (Å²) >= 11 is 3.48. The Morgan fingerprint density at radius 2 is 2.54 bits per heavy atom. The van der Waals surface area contributed by atoms with Crippen LogP contribution < -0.4 is 5.32 Å². The summed E-state index contributed by atoms with van der Waals surface area (Å²) in [6.45, 7) is 3.13. The Bertz CT molecular complexity index is 285. The molecule has 1 saturated heterocycles. The summed E-state index contributed by atoms with van der Waals surface area (Å²) in [5.74, 6) is 0. The Balaban J connectivity index is 2.19. The van der Waals surface area contributed by atoms with Gasteiger partial charge in [-0.3, -0.25) is 10.00 Å². The van der Waals surface area contributed by atoms with Gasteiger partial charge in [-0.05, 0) is 23.0 Å². The van der Waals surface area contributed by atoms with Crippen molar-refractivity contribution in [3.63, 3.8) is 0 Å². The zero-order valence-corrected chi connectivity index (χ0v) is 9.13. The van der Waals surface area contributed by atoms with E-state index in [9.17, 15) is 0 Å². The number of halogens is 1. The second kappa shape index (κ2) is 3.77. The zero-order valence-electron chi connectivity index (χ0n) is 7.55. The molecule has 0 amide bonds. The van der Waals surface area contributed by atoms with Crippen molar-refractivity contribution in [3.05, 3.63) is 16.4 Å². The van der Waals surface area contributed by atoms with E-state index >= 15 is 0 Å². The van der Waals surface area contributed by atoms with E-state index in [-0.39, 0.29) is 0 Å². The van der Waals surface area contributed by atoms with Gasteiger partial charge in [0, 0.05) is 19.6 Å². The van der Waals surface area contributed by atoms with E-state index in [2.05, 4.69) is 43.4 Å². The number of H-pyrrole nitrogens is 1. The molecule has 1 aromatic rings. The fourth-order valence-corrected chi connectivity index (χ4v) is 2.10. The Labute approximate surface area is 85.8 Å². The molecule has 1 fully saturated rings. The molecule has 0 radical (unpaired) electrons. The standard InChI is InChI=1S/C8H13BrN4/c1-13-3-2-10-5-7(13)8-6(9)4-11-12-8/h4,7,10H,2-3,5H2,1H3,(H,11,12). The van der Waals surface area contributed by atoms with Crippen LogP contribution in [-0.4, -0.2) is 41.8 Å². The van der Waals surface area contributed by atoms with E-state index in [1.54, 1.807) is 6.20 Å². The first-order valence-corrected chi connectivity index (χ1v) is 5.18. The zero-order chi connectivity index (χ0) is 9.26. The molecule has 2 N–H and O–H groups in total. The van der Waals surface area contributed by atoms with Gasteiger partial charge in [-0.15, -0.1) is 0 Å². The lowest BCUT2D eigenvalue weighted by Crippen LogP contribution is -2.44. The van der Waals surface area contributed by atoms with Crippen LogP contribution in [-0.2, 0) is 0 Å². The number of hydrogen-bond donors (Lipinski definition) is 2. The van der Waals surface area contributed by atoms with Gasteiger partial charge in [-0.1, -0.05) is 0 Å². The van der Waals surface area contributed by atoms with E-state index in [0.717, 1.165) is 29.8 Å². The number of nitrogens with zero attached hydrogens (tertiary/aromatic N) is 2. The third-order valence-electron chi connectivity index (χ3n) is 2.46. The average molecular weight is 245 g/mol. The second-order valence-corrected chi connectivity index (χ2v) is 4.19. The summed E-state index contributed by atoms with van der Waals surface area (Å²) in [6, 6.07) is 0.408. The second-order valence-electron chi connectivity index (χ2n) is 3.33. The number of aromatic amines is 1. The molecule has 0 aromatic carbocycles. The van der Waals surface area contributed by atoms with E-state index in [1.807, 2.05) is 0 Å². The Hall–Kier alpha value is -0.390. The van der Waals surface area contributed by atoms with Gasteiger partial charge in [0.25, 0.3) is 0 Å². The molecule has 72 valence electrons. The normalized spacial score (nSPS) is 24.9. The number of aromatic nitrogens is 2. The molecule has 1 aliphatic heterocycles. The smallest absolute Gasteiger partial charge is 0.0678 e. The van der Waals surface area contributed by atoms with Crippen LogP contribution in [0.2, 0.25) is 0 Å². The van der Waals surface area contributed by atoms with Crippen molar-refractivity contribution in [2.24, 2.45) is 0 Å². The third-order valence-corrected chi connectivity index (χ3v) is 3.10. The highest BCUT2D eigenvalue weighted by Crippen LogP contribution is 2.25. The maximum atomic E-state index is 4.01. The molecule has 0 spiro atoms. The summed E-state index contributed by atoms with van der Waals surface area (Å²) in [6.07, 6.45) is 1.80. The van der Waals surface area contributed by atoms with Crippen molar-refractivity contribution < 1.29 is 0 Å². The minimum Gasteiger partial charge on any atom is -0.313 e. The van der Waals surface area contributed by atoms with E-state index in [1.165, 1.54) is 0 Å². The highest BCUT2D eigenvalue weighted by atomic mass is 79.9. The van der Waals surface area contributed by atoms with E-state index < -0.39 is 0 Å². The van der Waals surface area contributed by atoms with Crippen molar-refractivity contribution >= 4 is 15.9 Å². The quantitative estimate of drug-likeness (QED) is 0.767. The van der Waals surface area contributed by atoms with Crippen LogP contribution in [0.1, 0.15) is 11.7 Å². The molecule has 4 nitrogen and oxygen atoms in total. The maximum absolute atomic E-state index is 4.01. The number of hydrogen-bond acceptors (Lipinski definition) is 3. The first-order valence-electron chi connectivity index (χ1n) is 4.39. The molecule has 1 aromatic heterocycles. The van der Waals surface area contributed by atoms with Crippen LogP contribution in [0.5, 0.6) is 0 Å². The first kappa shape index (κ1) is 9.18. The number of likely N-dealkylation sites (N-methyl/N-ethyl adjacent to an activating group) is 1. The monoisotopic (exact) mass is 244 g/mol. The van der Waals surface area contributed by atoms with Crippen LogP contribution in [0.15, 0.2) is 10.7 Å². The van der Waals surface area contributed by atoms with Gasteiger partial charge < -0.3 is 5.32 Å². The van der Waals surface area contributed by atoms with Gasteiger partial charge in [0.1, 0.15) is 0 Å². The lowest BCUT2D eigenvalue weighted by Gasteiger charge is -2.32. The molecule has 1 unspecified atom stereocenters. The molecule has 0 bridgehead atoms. The lowest BCUT2D eigenvalue weighted by atomic mass is 10.1. The minimum atomic E-state index is 0.408. The van der Waals surface area contributed by atoms with Gasteiger partial charge >= 0.3 is 0 Å². The predicted octanol–water partition coefficient (Wildman–Crippen LogP) is 0.748. The number of rotatable bonds is 1. The molecule has 2 heterocycles. The third kappa shape index (κ3) is 1.77. The number of piperazine rings is 1. The maximum Gasteiger partial charge on any atom is 0.0678 e. The predicted molar refractivity (Wildman–Crippen MR) is 54.5 cm³/mol. The van der Waals surface area contributed by atoms with Gasteiger partial charge in [0.15, 0.2) is 0 Å².